The molecule has 3 aromatic rings. The molecule has 0 unspecified atom stereocenters. The van der Waals surface area contributed by atoms with Crippen molar-refractivity contribution in [1.82, 2.24) is 14.5 Å². The first kappa shape index (κ1) is 19.0. The zero-order valence-electron chi connectivity index (χ0n) is 15.4. The van der Waals surface area contributed by atoms with E-state index in [1.54, 1.807) is 22.8 Å². The smallest absolute Gasteiger partial charge is 0.289 e. The summed E-state index contributed by atoms with van der Waals surface area (Å²) in [5.41, 5.74) is -0.0611. The van der Waals surface area contributed by atoms with Gasteiger partial charge in [0.2, 0.25) is 0 Å². The number of thioether (sulfide) groups is 1. The van der Waals surface area contributed by atoms with Crippen LogP contribution in [-0.4, -0.2) is 33.4 Å². The predicted octanol–water partition coefficient (Wildman–Crippen LogP) is 4.16. The van der Waals surface area contributed by atoms with Gasteiger partial charge < -0.3 is 9.32 Å². The Labute approximate surface area is 170 Å². The second kappa shape index (κ2) is 8.36. The van der Waals surface area contributed by atoms with Crippen molar-refractivity contribution in [3.8, 4) is 0 Å². The van der Waals surface area contributed by atoms with Crippen LogP contribution in [0.3, 0.4) is 0 Å². The predicted molar refractivity (Wildman–Crippen MR) is 112 cm³/mol. The van der Waals surface area contributed by atoms with Crippen molar-refractivity contribution in [1.29, 1.82) is 0 Å². The molecule has 4 rings (SSSR count). The molecule has 0 spiro atoms. The molecule has 1 aliphatic rings. The Morgan fingerprint density at radius 1 is 1.29 bits per heavy atom. The summed E-state index contributed by atoms with van der Waals surface area (Å²) in [5, 5.41) is 3.13. The molecule has 1 fully saturated rings. The van der Waals surface area contributed by atoms with Crippen molar-refractivity contribution in [3.05, 3.63) is 58.1 Å². The molecule has 0 aromatic carbocycles. The van der Waals surface area contributed by atoms with E-state index in [-0.39, 0.29) is 11.5 Å². The summed E-state index contributed by atoms with van der Waals surface area (Å²) >= 11 is 2.88. The standard InChI is InChI=1S/C20H21N3O3S2/c1-2-9-23-18(24)15-8-12-27-17(15)21-20(23)28-13-14-6-7-16(26-14)19(25)22-10-4-3-5-11-22/h2,6-8,12H,1,3-5,9-11,13H2. The average molecular weight is 416 g/mol. The lowest BCUT2D eigenvalue weighted by atomic mass is 10.1. The number of furan rings is 1. The topological polar surface area (TPSA) is 68.3 Å². The van der Waals surface area contributed by atoms with Crippen LogP contribution >= 0.6 is 23.1 Å². The van der Waals surface area contributed by atoms with Crippen LogP contribution in [0.4, 0.5) is 0 Å². The van der Waals surface area contributed by atoms with Gasteiger partial charge in [0.25, 0.3) is 11.5 Å². The van der Waals surface area contributed by atoms with Crippen LogP contribution in [0.25, 0.3) is 10.2 Å². The number of rotatable bonds is 6. The number of likely N-dealkylation sites (tertiary alicyclic amines) is 1. The monoisotopic (exact) mass is 415 g/mol. The highest BCUT2D eigenvalue weighted by Gasteiger charge is 2.21. The van der Waals surface area contributed by atoms with Gasteiger partial charge in [-0.05, 0) is 42.8 Å². The summed E-state index contributed by atoms with van der Waals surface area (Å²) in [5.74, 6) is 1.52. The van der Waals surface area contributed by atoms with Crippen molar-refractivity contribution < 1.29 is 9.21 Å². The SMILES string of the molecule is C=CCn1c(SCc2ccc(C(=O)N3CCCCC3)o2)nc2sccc2c1=O. The lowest BCUT2D eigenvalue weighted by molar-refractivity contribution is 0.0690. The maximum Gasteiger partial charge on any atom is 0.289 e. The third kappa shape index (κ3) is 3.79. The van der Waals surface area contributed by atoms with E-state index in [0.717, 1.165) is 30.8 Å². The number of nitrogens with zero attached hydrogens (tertiary/aromatic N) is 3. The quantitative estimate of drug-likeness (QED) is 0.344. The number of hydrogen-bond acceptors (Lipinski definition) is 6. The van der Waals surface area contributed by atoms with E-state index in [2.05, 4.69) is 11.6 Å². The van der Waals surface area contributed by atoms with Gasteiger partial charge in [-0.1, -0.05) is 17.8 Å². The summed E-state index contributed by atoms with van der Waals surface area (Å²) in [4.78, 5) is 32.4. The summed E-state index contributed by atoms with van der Waals surface area (Å²) in [7, 11) is 0. The van der Waals surface area contributed by atoms with E-state index in [1.807, 2.05) is 16.3 Å². The Morgan fingerprint density at radius 3 is 2.89 bits per heavy atom. The van der Waals surface area contributed by atoms with Gasteiger partial charge in [-0.15, -0.1) is 17.9 Å². The Balaban J connectivity index is 1.51. The third-order valence-corrected chi connectivity index (χ3v) is 6.52. The molecule has 28 heavy (non-hydrogen) atoms. The number of allylic oxidation sites excluding steroid dienone is 1. The van der Waals surface area contributed by atoms with E-state index in [9.17, 15) is 9.59 Å². The summed E-state index contributed by atoms with van der Waals surface area (Å²) in [6.45, 7) is 5.72. The van der Waals surface area contributed by atoms with Crippen molar-refractivity contribution in [2.75, 3.05) is 13.1 Å². The minimum Gasteiger partial charge on any atom is -0.455 e. The van der Waals surface area contributed by atoms with Gasteiger partial charge in [-0.25, -0.2) is 4.98 Å². The van der Waals surface area contributed by atoms with E-state index in [0.29, 0.717) is 34.4 Å². The number of amides is 1. The molecule has 0 saturated carbocycles. The fraction of sp³-hybridized carbons (Fsp3) is 0.350. The van der Waals surface area contributed by atoms with Crippen molar-refractivity contribution >= 4 is 39.2 Å². The molecule has 0 N–H and O–H groups in total. The van der Waals surface area contributed by atoms with Crippen LogP contribution in [0, 0.1) is 0 Å². The molecular formula is C20H21N3O3S2. The third-order valence-electron chi connectivity index (χ3n) is 4.72. The van der Waals surface area contributed by atoms with Crippen molar-refractivity contribution in [2.45, 2.75) is 36.7 Å². The van der Waals surface area contributed by atoms with E-state index < -0.39 is 0 Å². The normalized spacial score (nSPS) is 14.5. The maximum atomic E-state index is 12.7. The second-order valence-corrected chi connectivity index (χ2v) is 8.48. The van der Waals surface area contributed by atoms with E-state index in [1.165, 1.54) is 29.5 Å². The van der Waals surface area contributed by atoms with E-state index >= 15 is 0 Å². The molecule has 1 saturated heterocycles. The first-order valence-electron chi connectivity index (χ1n) is 9.27. The zero-order chi connectivity index (χ0) is 19.5. The fourth-order valence-corrected chi connectivity index (χ4v) is 5.00. The molecule has 0 aliphatic carbocycles. The summed E-state index contributed by atoms with van der Waals surface area (Å²) in [6, 6.07) is 5.36. The van der Waals surface area contributed by atoms with Gasteiger partial charge in [0, 0.05) is 19.6 Å². The van der Waals surface area contributed by atoms with Crippen LogP contribution in [-0.2, 0) is 12.3 Å². The molecule has 1 amide bonds. The van der Waals surface area contributed by atoms with Crippen molar-refractivity contribution in [2.24, 2.45) is 0 Å². The zero-order valence-corrected chi connectivity index (χ0v) is 17.1. The molecule has 8 heteroatoms. The van der Waals surface area contributed by atoms with Gasteiger partial charge in [-0.2, -0.15) is 0 Å². The highest BCUT2D eigenvalue weighted by Crippen LogP contribution is 2.25. The number of hydrogen-bond donors (Lipinski definition) is 0. The summed E-state index contributed by atoms with van der Waals surface area (Å²) in [6.07, 6.45) is 4.96. The van der Waals surface area contributed by atoms with Gasteiger partial charge in [-0.3, -0.25) is 14.2 Å². The van der Waals surface area contributed by atoms with Crippen LogP contribution < -0.4 is 5.56 Å². The number of carbonyl (C=O) groups is 1. The van der Waals surface area contributed by atoms with Gasteiger partial charge in [0.15, 0.2) is 10.9 Å². The lowest BCUT2D eigenvalue weighted by Gasteiger charge is -2.25. The number of fused-ring (bicyclic) bond motifs is 1. The second-order valence-electron chi connectivity index (χ2n) is 6.65. The molecular weight excluding hydrogens is 394 g/mol. The molecule has 0 radical (unpaired) electrons. The van der Waals surface area contributed by atoms with Gasteiger partial charge in [0.05, 0.1) is 11.1 Å². The Kier molecular flexibility index (Phi) is 5.68. The Morgan fingerprint density at radius 2 is 2.11 bits per heavy atom. The number of piperidine rings is 1. The average Bonchev–Trinajstić information content (AvgIpc) is 3.38. The maximum absolute atomic E-state index is 12.7. The highest BCUT2D eigenvalue weighted by molar-refractivity contribution is 7.98. The molecule has 6 nitrogen and oxygen atoms in total. The number of carbonyl (C=O) groups excluding carboxylic acids is 1. The van der Waals surface area contributed by atoms with Crippen LogP contribution in [0.1, 0.15) is 35.6 Å². The minimum absolute atomic E-state index is 0.0438. The lowest BCUT2D eigenvalue weighted by Crippen LogP contribution is -2.35. The van der Waals surface area contributed by atoms with Gasteiger partial charge in [0.1, 0.15) is 10.6 Å². The fourth-order valence-electron chi connectivity index (χ4n) is 3.29. The number of thiophene rings is 1. The first-order valence-corrected chi connectivity index (χ1v) is 11.1. The molecule has 4 heterocycles. The Hall–Kier alpha value is -2.32. The molecule has 0 bridgehead atoms. The van der Waals surface area contributed by atoms with Crippen LogP contribution in [0.5, 0.6) is 0 Å². The number of aromatic nitrogens is 2. The van der Waals surface area contributed by atoms with E-state index in [4.69, 9.17) is 4.42 Å². The highest BCUT2D eigenvalue weighted by atomic mass is 32.2. The van der Waals surface area contributed by atoms with Gasteiger partial charge >= 0.3 is 0 Å². The largest absolute Gasteiger partial charge is 0.455 e. The summed E-state index contributed by atoms with van der Waals surface area (Å²) < 4.78 is 7.40. The van der Waals surface area contributed by atoms with Crippen molar-refractivity contribution in [3.63, 3.8) is 0 Å². The minimum atomic E-state index is -0.0611. The molecule has 1 aliphatic heterocycles. The molecule has 3 aromatic heterocycles. The Bertz CT molecular complexity index is 1060. The molecule has 146 valence electrons. The molecule has 0 atom stereocenters. The first-order chi connectivity index (χ1) is 13.7. The van der Waals surface area contributed by atoms with Crippen LogP contribution in [0.2, 0.25) is 0 Å². The van der Waals surface area contributed by atoms with Crippen LogP contribution in [0.15, 0.2) is 50.6 Å².